The molecule has 1 aliphatic rings. The summed E-state index contributed by atoms with van der Waals surface area (Å²) in [6.07, 6.45) is -1.30. The SMILES string of the molecule is [2H]C1([2H])CCN[C@@H]1C(=O)O. The number of carboxylic acids is 1. The van der Waals surface area contributed by atoms with Crippen LogP contribution in [-0.2, 0) is 4.79 Å². The van der Waals surface area contributed by atoms with Crippen molar-refractivity contribution in [1.82, 2.24) is 5.32 Å². The minimum absolute atomic E-state index is 0.282. The van der Waals surface area contributed by atoms with Crippen molar-refractivity contribution in [1.29, 1.82) is 0 Å². The number of hydrogen-bond acceptors (Lipinski definition) is 2. The second-order valence-corrected chi connectivity index (χ2v) is 1.68. The van der Waals surface area contributed by atoms with Crippen LogP contribution in [0.3, 0.4) is 0 Å². The molecule has 2 N–H and O–H groups in total. The highest BCUT2D eigenvalue weighted by Gasteiger charge is 2.20. The summed E-state index contributed by atoms with van der Waals surface area (Å²) < 4.78 is 14.4. The first-order valence-corrected chi connectivity index (χ1v) is 2.50. The highest BCUT2D eigenvalue weighted by atomic mass is 16.4. The van der Waals surface area contributed by atoms with Gasteiger partial charge in [0.1, 0.15) is 6.04 Å². The van der Waals surface area contributed by atoms with E-state index in [0.29, 0.717) is 6.54 Å². The quantitative estimate of drug-likeness (QED) is 0.501. The summed E-state index contributed by atoms with van der Waals surface area (Å²) in [5.41, 5.74) is 0. The lowest BCUT2D eigenvalue weighted by molar-refractivity contribution is -0.139. The van der Waals surface area contributed by atoms with Gasteiger partial charge in [0.25, 0.3) is 0 Å². The van der Waals surface area contributed by atoms with Gasteiger partial charge in [0.2, 0.25) is 0 Å². The van der Waals surface area contributed by atoms with Crippen molar-refractivity contribution in [3.05, 3.63) is 0 Å². The van der Waals surface area contributed by atoms with E-state index >= 15 is 0 Å². The van der Waals surface area contributed by atoms with Gasteiger partial charge in [-0.1, -0.05) is 0 Å². The summed E-state index contributed by atoms with van der Waals surface area (Å²) in [5.74, 6) is -1.11. The minimum atomic E-state index is -1.58. The van der Waals surface area contributed by atoms with E-state index in [-0.39, 0.29) is 6.42 Å². The predicted molar refractivity (Wildman–Crippen MR) is 28.7 cm³/mol. The highest BCUT2D eigenvalue weighted by molar-refractivity contribution is 5.73. The highest BCUT2D eigenvalue weighted by Crippen LogP contribution is 2.03. The zero-order chi connectivity index (χ0) is 7.78. The Hall–Kier alpha value is -0.570. The molecular weight excluding hydrogens is 106 g/mol. The van der Waals surface area contributed by atoms with Crippen molar-refractivity contribution in [3.63, 3.8) is 0 Å². The number of hydrogen-bond donors (Lipinski definition) is 2. The van der Waals surface area contributed by atoms with Gasteiger partial charge in [-0.25, -0.2) is 0 Å². The Kier molecular flexibility index (Phi) is 0.921. The first kappa shape index (κ1) is 3.45. The monoisotopic (exact) mass is 117 g/mol. The van der Waals surface area contributed by atoms with E-state index < -0.39 is 18.4 Å². The summed E-state index contributed by atoms with van der Waals surface area (Å²) >= 11 is 0. The smallest absolute Gasteiger partial charge is 0.320 e. The average Bonchev–Trinajstić information content (AvgIpc) is 2.08. The molecule has 1 fully saturated rings. The van der Waals surface area contributed by atoms with E-state index in [9.17, 15) is 4.79 Å². The van der Waals surface area contributed by atoms with Crippen LogP contribution in [0.15, 0.2) is 0 Å². The number of nitrogens with one attached hydrogen (secondary N) is 1. The molecule has 0 saturated carbocycles. The summed E-state index contributed by atoms with van der Waals surface area (Å²) in [4.78, 5) is 10.3. The lowest BCUT2D eigenvalue weighted by Crippen LogP contribution is -2.29. The molecule has 0 unspecified atom stereocenters. The van der Waals surface area contributed by atoms with Gasteiger partial charge in [0.15, 0.2) is 0 Å². The maximum Gasteiger partial charge on any atom is 0.320 e. The van der Waals surface area contributed by atoms with Gasteiger partial charge in [-0.3, -0.25) is 4.79 Å². The normalized spacial score (nSPS) is 38.2. The summed E-state index contributed by atoms with van der Waals surface area (Å²) in [7, 11) is 0. The Balaban J connectivity index is 2.68. The standard InChI is InChI=1S/C5H9NO2/c7-5(8)4-2-1-3-6-4/h4,6H,1-3H2,(H,7,8)/t4-/m0/s1/i2D2. The van der Waals surface area contributed by atoms with Crippen LogP contribution in [0, 0.1) is 0 Å². The van der Waals surface area contributed by atoms with Gasteiger partial charge in [0.05, 0.1) is 0 Å². The molecular formula is C5H9NO2. The topological polar surface area (TPSA) is 49.3 Å². The Bertz CT molecular complexity index is 160. The van der Waals surface area contributed by atoms with Crippen LogP contribution in [0.2, 0.25) is 0 Å². The van der Waals surface area contributed by atoms with Crippen LogP contribution in [0.5, 0.6) is 0 Å². The summed E-state index contributed by atoms with van der Waals surface area (Å²) in [5, 5.41) is 11.0. The molecule has 0 spiro atoms. The zero-order valence-electron chi connectivity index (χ0n) is 6.35. The van der Waals surface area contributed by atoms with E-state index in [1.165, 1.54) is 0 Å². The third kappa shape index (κ3) is 0.980. The molecule has 0 aromatic rings. The van der Waals surface area contributed by atoms with Gasteiger partial charge in [-0.15, -0.1) is 0 Å². The van der Waals surface area contributed by atoms with Crippen molar-refractivity contribution in [2.24, 2.45) is 0 Å². The molecule has 1 aliphatic heterocycles. The first-order valence-electron chi connectivity index (χ1n) is 3.50. The average molecular weight is 117 g/mol. The zero-order valence-corrected chi connectivity index (χ0v) is 4.35. The molecule has 0 radical (unpaired) electrons. The van der Waals surface area contributed by atoms with Crippen LogP contribution in [0.25, 0.3) is 0 Å². The number of carboxylic acid groups (broad SMARTS) is 1. The number of rotatable bonds is 1. The van der Waals surface area contributed by atoms with E-state index in [0.717, 1.165) is 0 Å². The van der Waals surface area contributed by atoms with Crippen molar-refractivity contribution in [3.8, 4) is 0 Å². The Morgan fingerprint density at radius 2 is 2.75 bits per heavy atom. The molecule has 1 atom stereocenters. The van der Waals surface area contributed by atoms with Crippen LogP contribution >= 0.6 is 0 Å². The fraction of sp³-hybridized carbons (Fsp3) is 0.800. The largest absolute Gasteiger partial charge is 0.480 e. The van der Waals surface area contributed by atoms with Gasteiger partial charge in [-0.2, -0.15) is 0 Å². The minimum Gasteiger partial charge on any atom is -0.480 e. The fourth-order valence-corrected chi connectivity index (χ4v) is 0.680. The molecule has 0 bridgehead atoms. The number of carbonyl (C=O) groups is 1. The molecule has 1 saturated heterocycles. The van der Waals surface area contributed by atoms with E-state index in [1.807, 2.05) is 0 Å². The maximum atomic E-state index is 10.3. The predicted octanol–water partition coefficient (Wildman–Crippen LogP) is -0.177. The van der Waals surface area contributed by atoms with Crippen molar-refractivity contribution in [2.75, 3.05) is 6.54 Å². The summed E-state index contributed by atoms with van der Waals surface area (Å²) in [6, 6.07) is -1.02. The van der Waals surface area contributed by atoms with Gasteiger partial charge in [0, 0.05) is 2.74 Å². The molecule has 46 valence electrons. The van der Waals surface area contributed by atoms with Crippen LogP contribution in [0.1, 0.15) is 15.5 Å². The molecule has 0 aromatic carbocycles. The fourth-order valence-electron chi connectivity index (χ4n) is 0.680. The lowest BCUT2D eigenvalue weighted by atomic mass is 10.2. The molecule has 3 nitrogen and oxygen atoms in total. The van der Waals surface area contributed by atoms with Gasteiger partial charge < -0.3 is 10.4 Å². The van der Waals surface area contributed by atoms with Gasteiger partial charge in [-0.05, 0) is 19.3 Å². The second kappa shape index (κ2) is 2.13. The van der Waals surface area contributed by atoms with Crippen LogP contribution in [0.4, 0.5) is 0 Å². The number of aliphatic carboxylic acids is 1. The molecule has 1 heterocycles. The van der Waals surface area contributed by atoms with Gasteiger partial charge >= 0.3 is 5.97 Å². The molecule has 3 heteroatoms. The molecule has 0 aromatic heterocycles. The molecule has 0 aliphatic carbocycles. The third-order valence-electron chi connectivity index (χ3n) is 1.07. The van der Waals surface area contributed by atoms with Crippen molar-refractivity contribution in [2.45, 2.75) is 18.8 Å². The van der Waals surface area contributed by atoms with E-state index in [4.69, 9.17) is 7.85 Å². The second-order valence-electron chi connectivity index (χ2n) is 1.68. The Labute approximate surface area is 50.5 Å². The van der Waals surface area contributed by atoms with Crippen LogP contribution < -0.4 is 5.32 Å². The van der Waals surface area contributed by atoms with E-state index in [2.05, 4.69) is 5.32 Å². The Morgan fingerprint density at radius 1 is 2.00 bits per heavy atom. The lowest BCUT2D eigenvalue weighted by Gasteiger charge is -1.99. The van der Waals surface area contributed by atoms with Crippen LogP contribution in [-0.4, -0.2) is 23.7 Å². The van der Waals surface area contributed by atoms with Crippen molar-refractivity contribution >= 4 is 5.97 Å². The molecule has 0 amide bonds. The summed E-state index contributed by atoms with van der Waals surface area (Å²) in [6.45, 7) is 0.448. The maximum absolute atomic E-state index is 10.3. The van der Waals surface area contributed by atoms with Crippen molar-refractivity contribution < 1.29 is 12.6 Å². The molecule has 8 heavy (non-hydrogen) atoms. The van der Waals surface area contributed by atoms with E-state index in [1.54, 1.807) is 0 Å². The third-order valence-corrected chi connectivity index (χ3v) is 1.07. The first-order chi connectivity index (χ1) is 4.54. The Morgan fingerprint density at radius 3 is 3.00 bits per heavy atom. The molecule has 1 rings (SSSR count).